The molecule has 0 spiro atoms. The van der Waals surface area contributed by atoms with Crippen LogP contribution in [0.2, 0.25) is 10.0 Å². The van der Waals surface area contributed by atoms with Crippen molar-refractivity contribution in [2.24, 2.45) is 4.99 Å². The largest absolute Gasteiger partial charge is 0.375 e. The van der Waals surface area contributed by atoms with Gasteiger partial charge in [-0.05, 0) is 12.8 Å². The molecule has 0 aliphatic carbocycles. The van der Waals surface area contributed by atoms with Crippen LogP contribution in [-0.2, 0) is 0 Å². The number of ketones is 1. The first-order valence-electron chi connectivity index (χ1n) is 4.54. The number of hydrogen-bond acceptors (Lipinski definition) is 4. The third-order valence-electron chi connectivity index (χ3n) is 2.12. The van der Waals surface area contributed by atoms with Crippen molar-refractivity contribution in [3.63, 3.8) is 0 Å². The zero-order valence-corrected chi connectivity index (χ0v) is 10.8. The predicted octanol–water partition coefficient (Wildman–Crippen LogP) is 3.10. The summed E-state index contributed by atoms with van der Waals surface area (Å²) in [7, 11) is 3.51. The van der Waals surface area contributed by atoms with Crippen LogP contribution in [0.3, 0.4) is 0 Å². The molecule has 1 aromatic rings. The normalized spacial score (nSPS) is 9.59. The molecule has 17 heavy (non-hydrogen) atoms. The monoisotopic (exact) mass is 269 g/mol. The topological polar surface area (TPSA) is 56.5 Å². The molecule has 0 aliphatic heterocycles. The summed E-state index contributed by atoms with van der Waals surface area (Å²) in [6.07, 6.45) is 0. The van der Waals surface area contributed by atoms with E-state index in [4.69, 9.17) is 28.5 Å². The number of carbonyl (C=O) groups excluding carboxylic acids is 1. The molecule has 88 valence electrons. The molecule has 1 rings (SSSR count). The number of nitriles is 1. The van der Waals surface area contributed by atoms with Gasteiger partial charge in [0.05, 0.1) is 27.0 Å². The molecule has 0 radical (unpaired) electrons. The summed E-state index contributed by atoms with van der Waals surface area (Å²) in [5.41, 5.74) is 0.764. The highest BCUT2D eigenvalue weighted by atomic mass is 35.5. The summed E-state index contributed by atoms with van der Waals surface area (Å²) in [5.74, 6) is -0.749. The summed E-state index contributed by atoms with van der Waals surface area (Å²) in [4.78, 5) is 16.8. The molecular weight excluding hydrogens is 261 g/mol. The van der Waals surface area contributed by atoms with Gasteiger partial charge in [-0.1, -0.05) is 23.2 Å². The van der Waals surface area contributed by atoms with E-state index >= 15 is 0 Å². The SMILES string of the molecule is C=Nc1c(C(=O)C#N)cc(Cl)c(N(C)C)c1Cl. The summed E-state index contributed by atoms with van der Waals surface area (Å²) < 4.78 is 0. The average Bonchev–Trinajstić information content (AvgIpc) is 2.26. The molecule has 0 aromatic heterocycles. The summed E-state index contributed by atoms with van der Waals surface area (Å²) in [6, 6.07) is 2.87. The van der Waals surface area contributed by atoms with Crippen molar-refractivity contribution < 1.29 is 4.79 Å². The van der Waals surface area contributed by atoms with Gasteiger partial charge in [-0.15, -0.1) is 0 Å². The molecular formula is C11H9Cl2N3O. The molecule has 0 amide bonds. The Morgan fingerprint density at radius 2 is 2.12 bits per heavy atom. The Hall–Kier alpha value is -1.57. The minimum Gasteiger partial charge on any atom is -0.375 e. The second-order valence-corrected chi connectivity index (χ2v) is 4.20. The second-order valence-electron chi connectivity index (χ2n) is 3.41. The molecule has 0 atom stereocenters. The molecule has 1 aromatic carbocycles. The Labute approximate surface area is 109 Å². The molecule has 0 bridgehead atoms. The maximum atomic E-state index is 11.4. The number of benzene rings is 1. The first kappa shape index (κ1) is 13.5. The fourth-order valence-corrected chi connectivity index (χ4v) is 2.25. The highest BCUT2D eigenvalue weighted by molar-refractivity contribution is 6.42. The third-order valence-corrected chi connectivity index (χ3v) is 2.77. The van der Waals surface area contributed by atoms with Gasteiger partial charge < -0.3 is 4.90 Å². The van der Waals surface area contributed by atoms with Crippen LogP contribution in [0, 0.1) is 11.3 Å². The van der Waals surface area contributed by atoms with Crippen LogP contribution < -0.4 is 4.90 Å². The lowest BCUT2D eigenvalue weighted by molar-refractivity contribution is 0.105. The van der Waals surface area contributed by atoms with Crippen molar-refractivity contribution in [1.29, 1.82) is 5.26 Å². The number of halogens is 2. The van der Waals surface area contributed by atoms with E-state index in [-0.39, 0.29) is 21.3 Å². The summed E-state index contributed by atoms with van der Waals surface area (Å²) >= 11 is 12.1. The Morgan fingerprint density at radius 1 is 1.53 bits per heavy atom. The molecule has 4 nitrogen and oxygen atoms in total. The van der Waals surface area contributed by atoms with Crippen LogP contribution in [-0.4, -0.2) is 26.6 Å². The number of Topliss-reactive ketones (excluding diaryl/α,β-unsaturated/α-hetero) is 1. The Kier molecular flexibility index (Phi) is 4.11. The van der Waals surface area contributed by atoms with E-state index in [1.54, 1.807) is 19.0 Å². The van der Waals surface area contributed by atoms with Crippen LogP contribution in [0.5, 0.6) is 0 Å². The lowest BCUT2D eigenvalue weighted by atomic mass is 10.1. The quantitative estimate of drug-likeness (QED) is 0.481. The predicted molar refractivity (Wildman–Crippen MR) is 69.9 cm³/mol. The van der Waals surface area contributed by atoms with Gasteiger partial charge in [0.25, 0.3) is 5.78 Å². The van der Waals surface area contributed by atoms with E-state index in [9.17, 15) is 4.79 Å². The van der Waals surface area contributed by atoms with E-state index in [0.29, 0.717) is 5.69 Å². The van der Waals surface area contributed by atoms with Gasteiger partial charge in [0.2, 0.25) is 0 Å². The van der Waals surface area contributed by atoms with Crippen molar-refractivity contribution in [2.45, 2.75) is 0 Å². The van der Waals surface area contributed by atoms with Crippen LogP contribution in [0.1, 0.15) is 10.4 Å². The number of carbonyl (C=O) groups is 1. The summed E-state index contributed by atoms with van der Waals surface area (Å²) in [6.45, 7) is 3.34. The van der Waals surface area contributed by atoms with Crippen LogP contribution in [0.4, 0.5) is 11.4 Å². The number of anilines is 1. The van der Waals surface area contributed by atoms with Gasteiger partial charge in [-0.2, -0.15) is 5.26 Å². The number of aliphatic imine (C=N–C) groups is 1. The first-order valence-corrected chi connectivity index (χ1v) is 5.30. The van der Waals surface area contributed by atoms with Crippen molar-refractivity contribution in [3.05, 3.63) is 21.7 Å². The molecule has 0 unspecified atom stereocenters. The van der Waals surface area contributed by atoms with Gasteiger partial charge in [0, 0.05) is 14.1 Å². The van der Waals surface area contributed by atoms with Gasteiger partial charge >= 0.3 is 0 Å². The molecule has 0 saturated heterocycles. The van der Waals surface area contributed by atoms with E-state index in [0.717, 1.165) is 0 Å². The maximum Gasteiger partial charge on any atom is 0.264 e. The van der Waals surface area contributed by atoms with E-state index < -0.39 is 5.78 Å². The van der Waals surface area contributed by atoms with E-state index in [2.05, 4.69) is 11.7 Å². The minimum atomic E-state index is -0.749. The zero-order valence-electron chi connectivity index (χ0n) is 9.29. The van der Waals surface area contributed by atoms with Gasteiger partial charge in [0.15, 0.2) is 0 Å². The maximum absolute atomic E-state index is 11.4. The lowest BCUT2D eigenvalue weighted by Gasteiger charge is -2.18. The fourth-order valence-electron chi connectivity index (χ4n) is 1.40. The van der Waals surface area contributed by atoms with Gasteiger partial charge in [-0.3, -0.25) is 9.79 Å². The third kappa shape index (κ3) is 2.41. The van der Waals surface area contributed by atoms with Gasteiger partial charge in [0.1, 0.15) is 6.07 Å². The summed E-state index contributed by atoms with van der Waals surface area (Å²) in [5, 5.41) is 9.10. The van der Waals surface area contributed by atoms with Crippen molar-refractivity contribution in [3.8, 4) is 6.07 Å². The standard InChI is InChI=1S/C11H9Cl2N3O/c1-15-10-6(8(17)5-14)4-7(12)11(9(10)13)16(2)3/h4H,1H2,2-3H3. The number of rotatable bonds is 3. The second kappa shape index (κ2) is 5.17. The Bertz CT molecular complexity index is 532. The lowest BCUT2D eigenvalue weighted by Crippen LogP contribution is -2.11. The first-order chi connectivity index (χ1) is 7.93. The highest BCUT2D eigenvalue weighted by Gasteiger charge is 2.20. The molecule has 0 saturated carbocycles. The number of nitrogens with zero attached hydrogens (tertiary/aromatic N) is 3. The Balaban J connectivity index is 3.65. The molecule has 0 N–H and O–H groups in total. The van der Waals surface area contributed by atoms with E-state index in [1.165, 1.54) is 12.1 Å². The molecule has 6 heteroatoms. The minimum absolute atomic E-state index is 0.0584. The molecule has 0 heterocycles. The Morgan fingerprint density at radius 3 is 2.53 bits per heavy atom. The number of hydrogen-bond donors (Lipinski definition) is 0. The highest BCUT2D eigenvalue weighted by Crippen LogP contribution is 2.42. The zero-order chi connectivity index (χ0) is 13.2. The van der Waals surface area contributed by atoms with Crippen LogP contribution in [0.15, 0.2) is 11.1 Å². The van der Waals surface area contributed by atoms with Crippen molar-refractivity contribution >= 4 is 47.1 Å². The van der Waals surface area contributed by atoms with Crippen molar-refractivity contribution in [1.82, 2.24) is 0 Å². The van der Waals surface area contributed by atoms with Crippen molar-refractivity contribution in [2.75, 3.05) is 19.0 Å². The van der Waals surface area contributed by atoms with Crippen LogP contribution in [0.25, 0.3) is 0 Å². The average molecular weight is 270 g/mol. The van der Waals surface area contributed by atoms with E-state index in [1.807, 2.05) is 0 Å². The fraction of sp³-hybridized carbons (Fsp3) is 0.182. The van der Waals surface area contributed by atoms with Crippen LogP contribution >= 0.6 is 23.2 Å². The smallest absolute Gasteiger partial charge is 0.264 e. The molecule has 0 fully saturated rings. The molecule has 0 aliphatic rings. The van der Waals surface area contributed by atoms with Gasteiger partial charge in [-0.25, -0.2) is 0 Å².